The molecule has 46 heavy (non-hydrogen) atoms. The van der Waals surface area contributed by atoms with Crippen molar-refractivity contribution in [3.05, 3.63) is 132 Å². The largest absolute Gasteiger partial charge is 0.213 e. The van der Waals surface area contributed by atoms with Gasteiger partial charge in [0.15, 0.2) is 17.4 Å². The molecule has 6 rings (SSSR count). The Morgan fingerprint density at radius 3 is 2.17 bits per heavy atom. The van der Waals surface area contributed by atoms with Crippen LogP contribution in [0.15, 0.2) is 109 Å². The average molecular weight is 609 g/mol. The Hall–Kier alpha value is -4.04. The molecule has 236 valence electrons. The molecule has 5 aromatic rings. The number of nitrogens with zero attached hydrogens (tertiary/aromatic N) is 2. The minimum absolute atomic E-state index is 0.0134. The van der Waals surface area contributed by atoms with E-state index in [4.69, 9.17) is 0 Å². The number of pyridine rings is 2. The van der Waals surface area contributed by atoms with Crippen LogP contribution in [0.5, 0.6) is 0 Å². The number of aryl methyl sites for hydroxylation is 4. The predicted octanol–water partition coefficient (Wildman–Crippen LogP) is 10.5. The molecule has 0 radical (unpaired) electrons. The van der Waals surface area contributed by atoms with E-state index < -0.39 is 0 Å². The molecule has 0 saturated heterocycles. The number of unbranched alkanes of at least 4 members (excludes halogenated alkanes) is 1. The highest BCUT2D eigenvalue weighted by Crippen LogP contribution is 2.52. The Morgan fingerprint density at radius 1 is 0.652 bits per heavy atom. The lowest BCUT2D eigenvalue weighted by molar-refractivity contribution is -0.776. The number of rotatable bonds is 11. The number of aromatic nitrogens is 2. The van der Waals surface area contributed by atoms with Crippen LogP contribution >= 0.6 is 0 Å². The van der Waals surface area contributed by atoms with Gasteiger partial charge in [-0.1, -0.05) is 87.9 Å². The van der Waals surface area contributed by atoms with Gasteiger partial charge in [-0.2, -0.15) is 9.13 Å². The fourth-order valence-corrected chi connectivity index (χ4v) is 8.52. The predicted molar refractivity (Wildman–Crippen MR) is 193 cm³/mol. The van der Waals surface area contributed by atoms with Crippen molar-refractivity contribution < 1.29 is 9.13 Å². The Labute approximate surface area is 277 Å². The standard InChI is InChI=1S/C44H52N2/c1-7-10-20-35-25-27-40-39(31-35)42-24-16-19-34(5)46(42)44(9-3,43(40,6)8-2)29-17-30-45-32-37(36-21-12-11-13-22-36)26-28-41(45)38-23-15-14-18-33(38)4/h11-16,18-19,21-28,31-32H,7-10,17,20,29-30H2,1-6H3/q+2. The van der Waals surface area contributed by atoms with Crippen molar-refractivity contribution in [3.8, 4) is 33.6 Å². The number of fused-ring (bicyclic) bond motifs is 3. The molecule has 0 bridgehead atoms. The second kappa shape index (κ2) is 13.4. The first kappa shape index (κ1) is 31.9. The van der Waals surface area contributed by atoms with Crippen LogP contribution in [-0.4, -0.2) is 0 Å². The maximum Gasteiger partial charge on any atom is 0.213 e. The summed E-state index contributed by atoms with van der Waals surface area (Å²) < 4.78 is 5.28. The third-order valence-electron chi connectivity index (χ3n) is 11.2. The van der Waals surface area contributed by atoms with Crippen molar-refractivity contribution in [2.24, 2.45) is 0 Å². The average Bonchev–Trinajstić information content (AvgIpc) is 3.09. The lowest BCUT2D eigenvalue weighted by atomic mass is 9.58. The molecule has 3 aromatic carbocycles. The van der Waals surface area contributed by atoms with Crippen LogP contribution < -0.4 is 9.13 Å². The van der Waals surface area contributed by atoms with Gasteiger partial charge in [0.05, 0.1) is 11.0 Å². The summed E-state index contributed by atoms with van der Waals surface area (Å²) in [6, 6.07) is 38.6. The molecule has 0 spiro atoms. The quantitative estimate of drug-likeness (QED) is 0.132. The summed E-state index contributed by atoms with van der Waals surface area (Å²) in [5, 5.41) is 0. The van der Waals surface area contributed by atoms with Crippen molar-refractivity contribution >= 4 is 0 Å². The van der Waals surface area contributed by atoms with Crippen LogP contribution in [0.4, 0.5) is 0 Å². The van der Waals surface area contributed by atoms with E-state index in [-0.39, 0.29) is 11.0 Å². The van der Waals surface area contributed by atoms with Crippen molar-refractivity contribution in [2.75, 3.05) is 0 Å². The summed E-state index contributed by atoms with van der Waals surface area (Å²) >= 11 is 0. The third-order valence-corrected chi connectivity index (χ3v) is 11.2. The first-order valence-corrected chi connectivity index (χ1v) is 17.7. The topological polar surface area (TPSA) is 7.76 Å². The molecular weight excluding hydrogens is 556 g/mol. The normalized spacial score (nSPS) is 18.7. The van der Waals surface area contributed by atoms with Crippen LogP contribution in [-0.2, 0) is 23.9 Å². The molecule has 1 aliphatic rings. The summed E-state index contributed by atoms with van der Waals surface area (Å²) in [4.78, 5) is 0. The van der Waals surface area contributed by atoms with Gasteiger partial charge < -0.3 is 0 Å². The summed E-state index contributed by atoms with van der Waals surface area (Å²) in [6.45, 7) is 15.2. The maximum absolute atomic E-state index is 2.76. The van der Waals surface area contributed by atoms with E-state index in [1.807, 2.05) is 0 Å². The smallest absolute Gasteiger partial charge is 0.198 e. The van der Waals surface area contributed by atoms with E-state index >= 15 is 0 Å². The van der Waals surface area contributed by atoms with Crippen LogP contribution in [0.1, 0.15) is 88.6 Å². The van der Waals surface area contributed by atoms with Crippen LogP contribution in [0.2, 0.25) is 0 Å². The molecule has 0 aliphatic carbocycles. The Bertz CT molecular complexity index is 1820. The van der Waals surface area contributed by atoms with Crippen molar-refractivity contribution in [1.29, 1.82) is 0 Å². The first-order valence-electron chi connectivity index (χ1n) is 17.7. The molecule has 2 unspecified atom stereocenters. The lowest BCUT2D eigenvalue weighted by Crippen LogP contribution is -2.70. The van der Waals surface area contributed by atoms with Crippen molar-refractivity contribution in [2.45, 2.75) is 104 Å². The van der Waals surface area contributed by atoms with Crippen molar-refractivity contribution in [1.82, 2.24) is 0 Å². The second-order valence-corrected chi connectivity index (χ2v) is 13.7. The third kappa shape index (κ3) is 5.51. The number of hydrogen-bond donors (Lipinski definition) is 0. The summed E-state index contributed by atoms with van der Waals surface area (Å²) in [5.41, 5.74) is 13.6. The van der Waals surface area contributed by atoms with Crippen LogP contribution in [0.25, 0.3) is 33.6 Å². The SMILES string of the molecule is CCCCc1ccc2c(c1)-c1cccc(C)[n+]1C(CC)(CCC[n+]1cc(-c3ccccc3)ccc1-c1ccccc1C)C2(C)CC. The van der Waals surface area contributed by atoms with Gasteiger partial charge in [-0.05, 0) is 79.6 Å². The van der Waals surface area contributed by atoms with Gasteiger partial charge in [-0.3, -0.25) is 0 Å². The first-order chi connectivity index (χ1) is 22.4. The highest BCUT2D eigenvalue weighted by molar-refractivity contribution is 5.67. The Balaban J connectivity index is 1.42. The molecule has 0 saturated carbocycles. The zero-order valence-electron chi connectivity index (χ0n) is 28.9. The van der Waals surface area contributed by atoms with E-state index in [2.05, 4.69) is 160 Å². The monoisotopic (exact) mass is 608 g/mol. The highest BCUT2D eigenvalue weighted by Gasteiger charge is 2.59. The highest BCUT2D eigenvalue weighted by atomic mass is 15.1. The number of hydrogen-bond acceptors (Lipinski definition) is 0. The minimum atomic E-state index is -0.0270. The van der Waals surface area contributed by atoms with Gasteiger partial charge >= 0.3 is 0 Å². The minimum Gasteiger partial charge on any atom is -0.198 e. The van der Waals surface area contributed by atoms with E-state index in [9.17, 15) is 0 Å². The molecule has 2 atom stereocenters. The van der Waals surface area contributed by atoms with E-state index in [1.54, 1.807) is 0 Å². The molecule has 1 aliphatic heterocycles. The molecule has 2 heteroatoms. The zero-order chi connectivity index (χ0) is 32.3. The maximum atomic E-state index is 2.76. The van der Waals surface area contributed by atoms with E-state index in [0.29, 0.717) is 0 Å². The molecule has 0 N–H and O–H groups in total. The molecule has 2 nitrogen and oxygen atoms in total. The summed E-state index contributed by atoms with van der Waals surface area (Å²) in [6.07, 6.45) is 10.4. The summed E-state index contributed by atoms with van der Waals surface area (Å²) in [7, 11) is 0. The van der Waals surface area contributed by atoms with Crippen LogP contribution in [0.3, 0.4) is 0 Å². The van der Waals surface area contributed by atoms with Gasteiger partial charge in [0.2, 0.25) is 11.4 Å². The van der Waals surface area contributed by atoms with E-state index in [0.717, 1.165) is 38.6 Å². The molecule has 0 fully saturated rings. The van der Waals surface area contributed by atoms with Crippen molar-refractivity contribution in [3.63, 3.8) is 0 Å². The van der Waals surface area contributed by atoms with Gasteiger partial charge in [0.1, 0.15) is 6.54 Å². The fourth-order valence-electron chi connectivity index (χ4n) is 8.52. The van der Waals surface area contributed by atoms with E-state index in [1.165, 1.54) is 68.9 Å². The molecule has 3 heterocycles. The fraction of sp³-hybridized carbons (Fsp3) is 0.364. The molecular formula is C44H52N2+2. The van der Waals surface area contributed by atoms with Gasteiger partial charge in [-0.25, -0.2) is 0 Å². The van der Waals surface area contributed by atoms with Gasteiger partial charge in [0.25, 0.3) is 0 Å². The Kier molecular flexibility index (Phi) is 9.27. The van der Waals surface area contributed by atoms with Gasteiger partial charge in [-0.15, -0.1) is 0 Å². The molecule has 0 amide bonds. The number of benzene rings is 3. The zero-order valence-corrected chi connectivity index (χ0v) is 28.9. The Morgan fingerprint density at radius 2 is 1.43 bits per heavy atom. The summed E-state index contributed by atoms with van der Waals surface area (Å²) in [5.74, 6) is 0. The second-order valence-electron chi connectivity index (χ2n) is 13.7. The lowest BCUT2D eigenvalue weighted by Gasteiger charge is -2.48. The van der Waals surface area contributed by atoms with Gasteiger partial charge in [0, 0.05) is 55.5 Å². The molecule has 2 aromatic heterocycles. The van der Waals surface area contributed by atoms with Crippen LogP contribution in [0, 0.1) is 13.8 Å².